The summed E-state index contributed by atoms with van der Waals surface area (Å²) in [5.41, 5.74) is 0.822. The fraction of sp³-hybridized carbons (Fsp3) is 0.263. The van der Waals surface area contributed by atoms with Crippen LogP contribution in [-0.4, -0.2) is 50.1 Å². The molecule has 0 aromatic heterocycles. The molecular weight excluding hydrogens is 361 g/mol. The highest BCUT2D eigenvalue weighted by atomic mass is 19.2. The minimum absolute atomic E-state index is 0.302. The van der Waals surface area contributed by atoms with Gasteiger partial charge in [-0.25, -0.2) is 18.0 Å². The van der Waals surface area contributed by atoms with E-state index in [2.05, 4.69) is 4.74 Å². The summed E-state index contributed by atoms with van der Waals surface area (Å²) in [6.07, 6.45) is 0. The monoisotopic (exact) mass is 378 g/mol. The van der Waals surface area contributed by atoms with Gasteiger partial charge in [-0.1, -0.05) is 0 Å². The average Bonchev–Trinajstić information content (AvgIpc) is 2.71. The number of esters is 1. The van der Waals surface area contributed by atoms with Crippen LogP contribution >= 0.6 is 0 Å². The van der Waals surface area contributed by atoms with Gasteiger partial charge in [-0.3, -0.25) is 4.79 Å². The minimum Gasteiger partial charge on any atom is -0.465 e. The van der Waals surface area contributed by atoms with E-state index in [0.717, 1.165) is 17.8 Å². The number of carbonyl (C=O) groups excluding carboxylic acids is 2. The Balaban J connectivity index is 1.66. The topological polar surface area (TPSA) is 49.9 Å². The number of halogens is 3. The summed E-state index contributed by atoms with van der Waals surface area (Å²) in [5.74, 6) is -5.55. The Morgan fingerprint density at radius 3 is 2.11 bits per heavy atom. The molecule has 1 fully saturated rings. The molecule has 3 rings (SSSR count). The van der Waals surface area contributed by atoms with Gasteiger partial charge in [0.25, 0.3) is 5.91 Å². The SMILES string of the molecule is COC(=O)c1ccc(N2CCN(C(=O)c3ccc(F)c(F)c3F)CC2)cc1. The Hall–Kier alpha value is -3.03. The zero-order valence-electron chi connectivity index (χ0n) is 14.5. The summed E-state index contributed by atoms with van der Waals surface area (Å²) in [6, 6.07) is 8.54. The molecule has 8 heteroatoms. The van der Waals surface area contributed by atoms with Gasteiger partial charge in [0.2, 0.25) is 0 Å². The summed E-state index contributed by atoms with van der Waals surface area (Å²) >= 11 is 0. The van der Waals surface area contributed by atoms with Gasteiger partial charge in [-0.05, 0) is 36.4 Å². The molecule has 27 heavy (non-hydrogen) atoms. The molecule has 142 valence electrons. The van der Waals surface area contributed by atoms with Gasteiger partial charge in [-0.15, -0.1) is 0 Å². The number of nitrogens with zero attached hydrogens (tertiary/aromatic N) is 2. The van der Waals surface area contributed by atoms with E-state index < -0.39 is 34.9 Å². The lowest BCUT2D eigenvalue weighted by Gasteiger charge is -2.36. The smallest absolute Gasteiger partial charge is 0.337 e. The molecule has 0 spiro atoms. The highest BCUT2D eigenvalue weighted by Gasteiger charge is 2.26. The van der Waals surface area contributed by atoms with Crippen LogP contribution in [0.3, 0.4) is 0 Å². The van der Waals surface area contributed by atoms with Gasteiger partial charge in [0.1, 0.15) is 0 Å². The van der Waals surface area contributed by atoms with Crippen molar-refractivity contribution in [3.8, 4) is 0 Å². The Bertz CT molecular complexity index is 863. The lowest BCUT2D eigenvalue weighted by Crippen LogP contribution is -2.49. The first-order valence-corrected chi connectivity index (χ1v) is 8.28. The number of amides is 1. The number of methoxy groups -OCH3 is 1. The molecule has 5 nitrogen and oxygen atoms in total. The largest absolute Gasteiger partial charge is 0.465 e. The zero-order valence-corrected chi connectivity index (χ0v) is 14.5. The number of hydrogen-bond acceptors (Lipinski definition) is 4. The fourth-order valence-corrected chi connectivity index (χ4v) is 2.96. The van der Waals surface area contributed by atoms with Crippen molar-refractivity contribution in [1.29, 1.82) is 0 Å². The maximum absolute atomic E-state index is 13.8. The molecule has 0 saturated carbocycles. The quantitative estimate of drug-likeness (QED) is 0.609. The van der Waals surface area contributed by atoms with Crippen LogP contribution in [0.1, 0.15) is 20.7 Å². The van der Waals surface area contributed by atoms with Crippen molar-refractivity contribution in [2.75, 3.05) is 38.2 Å². The first kappa shape index (κ1) is 18.8. The van der Waals surface area contributed by atoms with Gasteiger partial charge < -0.3 is 14.5 Å². The van der Waals surface area contributed by atoms with Crippen molar-refractivity contribution in [3.05, 3.63) is 65.0 Å². The maximum atomic E-state index is 13.8. The molecule has 1 aliphatic heterocycles. The van der Waals surface area contributed by atoms with E-state index in [1.807, 2.05) is 4.90 Å². The molecule has 0 aliphatic carbocycles. The minimum atomic E-state index is -1.65. The Labute approximate surface area is 153 Å². The maximum Gasteiger partial charge on any atom is 0.337 e. The molecule has 1 heterocycles. The van der Waals surface area contributed by atoms with Gasteiger partial charge in [0.05, 0.1) is 18.2 Å². The normalized spacial score (nSPS) is 14.2. The highest BCUT2D eigenvalue weighted by molar-refractivity contribution is 5.94. The third-order valence-electron chi connectivity index (χ3n) is 4.49. The summed E-state index contributed by atoms with van der Waals surface area (Å²) in [5, 5.41) is 0. The number of anilines is 1. The number of hydrogen-bond donors (Lipinski definition) is 0. The molecule has 1 amide bonds. The van der Waals surface area contributed by atoms with E-state index >= 15 is 0 Å². The highest BCUT2D eigenvalue weighted by Crippen LogP contribution is 2.21. The average molecular weight is 378 g/mol. The molecule has 0 radical (unpaired) electrons. The van der Waals surface area contributed by atoms with Crippen molar-refractivity contribution >= 4 is 17.6 Å². The molecule has 1 aliphatic rings. The van der Waals surface area contributed by atoms with E-state index in [1.165, 1.54) is 12.0 Å². The number of carbonyl (C=O) groups is 2. The summed E-state index contributed by atoms with van der Waals surface area (Å²) in [6.45, 7) is 1.56. The van der Waals surface area contributed by atoms with Crippen LogP contribution in [0.15, 0.2) is 36.4 Å². The van der Waals surface area contributed by atoms with Crippen molar-refractivity contribution in [2.45, 2.75) is 0 Å². The third kappa shape index (κ3) is 3.74. The van der Waals surface area contributed by atoms with Crippen LogP contribution < -0.4 is 4.90 Å². The molecule has 2 aromatic carbocycles. The molecule has 1 saturated heterocycles. The van der Waals surface area contributed by atoms with E-state index in [1.54, 1.807) is 24.3 Å². The first-order chi connectivity index (χ1) is 12.9. The predicted molar refractivity (Wildman–Crippen MR) is 92.2 cm³/mol. The van der Waals surface area contributed by atoms with Crippen LogP contribution in [0.5, 0.6) is 0 Å². The second kappa shape index (κ2) is 7.69. The summed E-state index contributed by atoms with van der Waals surface area (Å²) in [4.78, 5) is 27.3. The number of ether oxygens (including phenoxy) is 1. The standard InChI is InChI=1S/C19H17F3N2O3/c1-27-19(26)12-2-4-13(5-3-12)23-8-10-24(11-9-23)18(25)14-6-7-15(20)17(22)16(14)21/h2-7H,8-11H2,1H3. The van der Waals surface area contributed by atoms with E-state index in [0.29, 0.717) is 31.7 Å². The fourth-order valence-electron chi connectivity index (χ4n) is 2.96. The zero-order chi connectivity index (χ0) is 19.6. The van der Waals surface area contributed by atoms with Crippen LogP contribution in [0.25, 0.3) is 0 Å². The van der Waals surface area contributed by atoms with Gasteiger partial charge in [0, 0.05) is 31.9 Å². The lowest BCUT2D eigenvalue weighted by atomic mass is 10.1. The number of rotatable bonds is 3. The number of piperazine rings is 1. The molecule has 0 atom stereocenters. The van der Waals surface area contributed by atoms with Crippen LogP contribution in [0.2, 0.25) is 0 Å². The summed E-state index contributed by atoms with van der Waals surface area (Å²) in [7, 11) is 1.31. The van der Waals surface area contributed by atoms with Crippen molar-refractivity contribution in [1.82, 2.24) is 4.90 Å². The van der Waals surface area contributed by atoms with E-state index in [4.69, 9.17) is 0 Å². The molecular formula is C19H17F3N2O3. The molecule has 2 aromatic rings. The van der Waals surface area contributed by atoms with Crippen molar-refractivity contribution in [2.24, 2.45) is 0 Å². The lowest BCUT2D eigenvalue weighted by molar-refractivity contribution is 0.0600. The second-order valence-corrected chi connectivity index (χ2v) is 6.04. The number of benzene rings is 2. The van der Waals surface area contributed by atoms with Crippen LogP contribution in [0.4, 0.5) is 18.9 Å². The molecule has 0 bridgehead atoms. The van der Waals surface area contributed by atoms with Crippen LogP contribution in [0, 0.1) is 17.5 Å². The summed E-state index contributed by atoms with van der Waals surface area (Å²) < 4.78 is 44.9. The second-order valence-electron chi connectivity index (χ2n) is 6.04. The van der Waals surface area contributed by atoms with Gasteiger partial charge >= 0.3 is 5.97 Å². The Morgan fingerprint density at radius 2 is 1.52 bits per heavy atom. The Morgan fingerprint density at radius 1 is 0.889 bits per heavy atom. The van der Waals surface area contributed by atoms with Crippen molar-refractivity contribution in [3.63, 3.8) is 0 Å². The first-order valence-electron chi connectivity index (χ1n) is 8.28. The van der Waals surface area contributed by atoms with Crippen molar-refractivity contribution < 1.29 is 27.5 Å². The van der Waals surface area contributed by atoms with E-state index in [-0.39, 0.29) is 0 Å². The Kier molecular flexibility index (Phi) is 5.34. The van der Waals surface area contributed by atoms with Gasteiger partial charge in [0.15, 0.2) is 17.5 Å². The predicted octanol–water partition coefficient (Wildman–Crippen LogP) is 2.85. The molecule has 0 N–H and O–H groups in total. The third-order valence-corrected chi connectivity index (χ3v) is 4.49. The molecule has 0 unspecified atom stereocenters. The van der Waals surface area contributed by atoms with E-state index in [9.17, 15) is 22.8 Å². The van der Waals surface area contributed by atoms with Crippen LogP contribution in [-0.2, 0) is 4.74 Å². The van der Waals surface area contributed by atoms with Gasteiger partial charge in [-0.2, -0.15) is 0 Å².